The van der Waals surface area contributed by atoms with E-state index < -0.39 is 18.1 Å². The predicted octanol–water partition coefficient (Wildman–Crippen LogP) is 4.87. The van der Waals surface area contributed by atoms with Crippen LogP contribution in [-0.4, -0.2) is 50.5 Å². The molecule has 1 saturated heterocycles. The first-order valence-electron chi connectivity index (χ1n) is 12.0. The number of ketones is 1. The van der Waals surface area contributed by atoms with Gasteiger partial charge in [0.25, 0.3) is 0 Å². The molecule has 35 heavy (non-hydrogen) atoms. The quantitative estimate of drug-likeness (QED) is 0.471. The molecule has 1 N–H and O–H groups in total. The Kier molecular flexibility index (Phi) is 8.97. The summed E-state index contributed by atoms with van der Waals surface area (Å²) < 4.78 is 5.39. The van der Waals surface area contributed by atoms with Crippen LogP contribution in [0.2, 0.25) is 0 Å². The van der Waals surface area contributed by atoms with Crippen LogP contribution >= 0.6 is 11.3 Å². The number of hydrogen-bond donors (Lipinski definition) is 1. The van der Waals surface area contributed by atoms with Gasteiger partial charge in [-0.2, -0.15) is 0 Å². The van der Waals surface area contributed by atoms with E-state index in [-0.39, 0.29) is 42.9 Å². The SMILES string of the molecule is C=C/C(=C\C=C\[C@H](C)CC(=O)[C@@H]1C[C@@H](O)CN1C(=O)[C@@H](c1cc(C)no1)C(C)C)c1scnc1C. The number of aliphatic hydroxyl groups is 1. The number of rotatable bonds is 10. The molecule has 0 spiro atoms. The van der Waals surface area contributed by atoms with Gasteiger partial charge in [-0.1, -0.05) is 56.8 Å². The third-order valence-electron chi connectivity index (χ3n) is 6.29. The van der Waals surface area contributed by atoms with E-state index in [4.69, 9.17) is 4.52 Å². The molecule has 2 aromatic rings. The van der Waals surface area contributed by atoms with Crippen molar-refractivity contribution in [2.45, 2.75) is 65.5 Å². The lowest BCUT2D eigenvalue weighted by molar-refractivity contribution is -0.140. The number of carbonyl (C=O) groups excluding carboxylic acids is 2. The molecular formula is C27H35N3O4S. The van der Waals surface area contributed by atoms with Gasteiger partial charge in [-0.3, -0.25) is 9.59 Å². The normalized spacial score (nSPS) is 20.5. The summed E-state index contributed by atoms with van der Waals surface area (Å²) in [7, 11) is 0. The Morgan fingerprint density at radius 1 is 1.34 bits per heavy atom. The molecule has 0 unspecified atom stereocenters. The van der Waals surface area contributed by atoms with Gasteiger partial charge in [-0.05, 0) is 31.3 Å². The summed E-state index contributed by atoms with van der Waals surface area (Å²) in [5.74, 6) is -0.375. The van der Waals surface area contributed by atoms with Gasteiger partial charge in [0, 0.05) is 25.5 Å². The minimum Gasteiger partial charge on any atom is -0.391 e. The number of likely N-dealkylation sites (tertiary alicyclic amines) is 1. The van der Waals surface area contributed by atoms with Crippen LogP contribution in [0.3, 0.4) is 0 Å². The second kappa shape index (κ2) is 11.7. The summed E-state index contributed by atoms with van der Waals surface area (Å²) in [6, 6.07) is 1.12. The minimum absolute atomic E-state index is 0.0279. The van der Waals surface area contributed by atoms with Crippen LogP contribution in [0.1, 0.15) is 61.6 Å². The standard InChI is InChI=1S/C27H35N3O4S/c1-7-20(26-19(6)28-15-35-26)10-8-9-17(4)11-23(32)22-13-21(31)14-30(22)27(33)25(16(2)3)24-12-18(5)29-34-24/h7-10,12,15-17,21-22,25,31H,1,11,13-14H2,2-6H3/b9-8+,20-10+/t17-,21+,22-,25+/m0/s1. The fourth-order valence-electron chi connectivity index (χ4n) is 4.49. The van der Waals surface area contributed by atoms with Crippen LogP contribution in [0.25, 0.3) is 5.57 Å². The first-order chi connectivity index (χ1) is 16.6. The number of nitrogens with zero attached hydrogens (tertiary/aromatic N) is 3. The maximum atomic E-state index is 13.5. The van der Waals surface area contributed by atoms with Gasteiger partial charge in [0.05, 0.1) is 33.9 Å². The first-order valence-corrected chi connectivity index (χ1v) is 12.9. The topological polar surface area (TPSA) is 96.5 Å². The second-order valence-corrected chi connectivity index (χ2v) is 10.5. The Hall–Kier alpha value is -2.84. The van der Waals surface area contributed by atoms with E-state index >= 15 is 0 Å². The Morgan fingerprint density at radius 2 is 2.09 bits per heavy atom. The van der Waals surface area contributed by atoms with Gasteiger partial charge in [-0.25, -0.2) is 4.98 Å². The number of β-amino-alcohol motifs (C(OH)–C–C–N with tert-alkyl or cyclic N) is 1. The largest absolute Gasteiger partial charge is 0.391 e. The van der Waals surface area contributed by atoms with E-state index in [2.05, 4.69) is 16.7 Å². The van der Waals surface area contributed by atoms with Crippen molar-refractivity contribution < 1.29 is 19.2 Å². The lowest BCUT2D eigenvalue weighted by atomic mass is 9.90. The average molecular weight is 498 g/mol. The van der Waals surface area contributed by atoms with E-state index in [1.54, 1.807) is 30.4 Å². The molecule has 1 aliphatic heterocycles. The number of Topliss-reactive ketones (excluding diaryl/α,β-unsaturated/α-hetero) is 1. The number of aromatic nitrogens is 2. The summed E-state index contributed by atoms with van der Waals surface area (Å²) in [6.45, 7) is 13.7. The third kappa shape index (κ3) is 6.44. The van der Waals surface area contributed by atoms with Crippen molar-refractivity contribution in [3.8, 4) is 0 Å². The number of carbonyl (C=O) groups is 2. The van der Waals surface area contributed by atoms with Crippen molar-refractivity contribution in [2.75, 3.05) is 6.54 Å². The van der Waals surface area contributed by atoms with Gasteiger partial charge >= 0.3 is 0 Å². The summed E-state index contributed by atoms with van der Waals surface area (Å²) in [6.07, 6.45) is 7.49. The Morgan fingerprint density at radius 3 is 2.66 bits per heavy atom. The smallest absolute Gasteiger partial charge is 0.234 e. The van der Waals surface area contributed by atoms with Crippen molar-refractivity contribution in [1.82, 2.24) is 15.0 Å². The summed E-state index contributed by atoms with van der Waals surface area (Å²) in [5, 5.41) is 14.2. The molecule has 3 heterocycles. The van der Waals surface area contributed by atoms with Gasteiger partial charge in [0.1, 0.15) is 11.7 Å². The van der Waals surface area contributed by atoms with E-state index in [1.165, 1.54) is 4.90 Å². The van der Waals surface area contributed by atoms with E-state index in [0.717, 1.165) is 16.1 Å². The van der Waals surface area contributed by atoms with Crippen molar-refractivity contribution in [2.24, 2.45) is 11.8 Å². The van der Waals surface area contributed by atoms with Crippen molar-refractivity contribution in [1.29, 1.82) is 0 Å². The molecular weight excluding hydrogens is 462 g/mol. The molecule has 0 saturated carbocycles. The Bertz CT molecular complexity index is 1110. The zero-order valence-corrected chi connectivity index (χ0v) is 21.9. The van der Waals surface area contributed by atoms with Crippen LogP contribution in [-0.2, 0) is 9.59 Å². The highest BCUT2D eigenvalue weighted by molar-refractivity contribution is 7.11. The first kappa shape index (κ1) is 26.8. The van der Waals surface area contributed by atoms with Crippen LogP contribution in [0, 0.1) is 25.7 Å². The highest BCUT2D eigenvalue weighted by Crippen LogP contribution is 2.32. The fourth-order valence-corrected chi connectivity index (χ4v) is 5.32. The molecule has 1 fully saturated rings. The number of aryl methyl sites for hydroxylation is 2. The fraction of sp³-hybridized carbons (Fsp3) is 0.481. The number of allylic oxidation sites excluding steroid dienone is 5. The number of hydrogen-bond acceptors (Lipinski definition) is 7. The lowest BCUT2D eigenvalue weighted by Gasteiger charge is -2.29. The molecule has 1 aliphatic rings. The zero-order valence-electron chi connectivity index (χ0n) is 21.1. The molecule has 188 valence electrons. The summed E-state index contributed by atoms with van der Waals surface area (Å²) in [4.78, 5) is 33.6. The molecule has 0 radical (unpaired) electrons. The second-order valence-electron chi connectivity index (χ2n) is 9.61. The highest BCUT2D eigenvalue weighted by Gasteiger charge is 2.42. The molecule has 7 nitrogen and oxygen atoms in total. The van der Waals surface area contributed by atoms with Crippen LogP contribution < -0.4 is 0 Å². The van der Waals surface area contributed by atoms with Crippen LogP contribution in [0.15, 0.2) is 47.0 Å². The Balaban J connectivity index is 1.69. The lowest BCUT2D eigenvalue weighted by Crippen LogP contribution is -2.44. The van der Waals surface area contributed by atoms with Crippen molar-refractivity contribution in [3.05, 3.63) is 64.5 Å². The molecule has 0 aromatic carbocycles. The third-order valence-corrected chi connectivity index (χ3v) is 7.26. The van der Waals surface area contributed by atoms with Crippen LogP contribution in [0.5, 0.6) is 0 Å². The molecule has 1 amide bonds. The molecule has 3 rings (SSSR count). The maximum absolute atomic E-state index is 13.5. The minimum atomic E-state index is -0.719. The molecule has 0 bridgehead atoms. The summed E-state index contributed by atoms with van der Waals surface area (Å²) >= 11 is 1.57. The predicted molar refractivity (Wildman–Crippen MR) is 138 cm³/mol. The highest BCUT2D eigenvalue weighted by atomic mass is 32.1. The van der Waals surface area contributed by atoms with Gasteiger partial charge in [0.15, 0.2) is 5.78 Å². The van der Waals surface area contributed by atoms with Gasteiger partial charge in [-0.15, -0.1) is 11.3 Å². The number of thiazole rings is 1. The van der Waals surface area contributed by atoms with Gasteiger partial charge < -0.3 is 14.5 Å². The summed E-state index contributed by atoms with van der Waals surface area (Å²) in [5.41, 5.74) is 4.46. The van der Waals surface area contributed by atoms with E-state index in [9.17, 15) is 14.7 Å². The monoisotopic (exact) mass is 497 g/mol. The number of amides is 1. The molecule has 8 heteroatoms. The van der Waals surface area contributed by atoms with E-state index in [0.29, 0.717) is 11.5 Å². The van der Waals surface area contributed by atoms with E-state index in [1.807, 2.05) is 51.4 Å². The Labute approximate surface area is 211 Å². The number of aliphatic hydroxyl groups excluding tert-OH is 1. The average Bonchev–Trinajstić information content (AvgIpc) is 3.51. The maximum Gasteiger partial charge on any atom is 0.234 e. The zero-order chi connectivity index (χ0) is 25.7. The molecule has 2 aromatic heterocycles. The van der Waals surface area contributed by atoms with Crippen molar-refractivity contribution >= 4 is 28.6 Å². The van der Waals surface area contributed by atoms with Crippen LogP contribution in [0.4, 0.5) is 0 Å². The van der Waals surface area contributed by atoms with Gasteiger partial charge in [0.2, 0.25) is 5.91 Å². The van der Waals surface area contributed by atoms with Crippen molar-refractivity contribution in [3.63, 3.8) is 0 Å². The molecule has 0 aliphatic carbocycles. The molecule has 4 atom stereocenters.